The molecule has 0 bridgehead atoms. The van der Waals surface area contributed by atoms with Crippen molar-refractivity contribution in [2.24, 2.45) is 5.92 Å². The monoisotopic (exact) mass is 416 g/mol. The number of para-hydroxylation sites is 1. The number of fused-ring (bicyclic) bond motifs is 1. The van der Waals surface area contributed by atoms with Gasteiger partial charge in [-0.1, -0.05) is 50.6 Å². The van der Waals surface area contributed by atoms with Crippen LogP contribution in [0.5, 0.6) is 0 Å². The van der Waals surface area contributed by atoms with Crippen LogP contribution in [0.3, 0.4) is 0 Å². The molecule has 0 unspecified atom stereocenters. The summed E-state index contributed by atoms with van der Waals surface area (Å²) in [6.45, 7) is 7.26. The molecule has 2 aromatic rings. The zero-order chi connectivity index (χ0) is 21.0. The van der Waals surface area contributed by atoms with Gasteiger partial charge in [-0.25, -0.2) is 9.78 Å². The molecule has 3 rings (SSSR count). The first-order chi connectivity index (χ1) is 13.9. The van der Waals surface area contributed by atoms with Gasteiger partial charge in [-0.15, -0.1) is 0 Å². The van der Waals surface area contributed by atoms with Gasteiger partial charge in [0.05, 0.1) is 16.7 Å². The molecule has 1 atom stereocenters. The van der Waals surface area contributed by atoms with Crippen LogP contribution in [0.15, 0.2) is 34.2 Å². The fourth-order valence-electron chi connectivity index (χ4n) is 3.48. The van der Waals surface area contributed by atoms with Crippen molar-refractivity contribution in [3.8, 4) is 0 Å². The second-order valence-electron chi connectivity index (χ2n) is 7.83. The van der Waals surface area contributed by atoms with E-state index < -0.39 is 0 Å². The van der Waals surface area contributed by atoms with Gasteiger partial charge < -0.3 is 5.32 Å². The number of rotatable bonds is 8. The van der Waals surface area contributed by atoms with E-state index in [0.29, 0.717) is 35.1 Å². The third-order valence-corrected chi connectivity index (χ3v) is 6.04. The lowest BCUT2D eigenvalue weighted by atomic mass is 10.0. The Bertz CT molecular complexity index is 957. The molecule has 3 amide bonds. The molecule has 1 fully saturated rings. The average Bonchev–Trinajstić information content (AvgIpc) is 3.12. The normalized spacial score (nSPS) is 15.2. The summed E-state index contributed by atoms with van der Waals surface area (Å²) in [5.74, 6) is 0.412. The second kappa shape index (κ2) is 9.43. The predicted octanol–water partition coefficient (Wildman–Crippen LogP) is 3.43. The molecule has 7 nitrogen and oxygen atoms in total. The van der Waals surface area contributed by atoms with Crippen LogP contribution < -0.4 is 10.9 Å². The highest BCUT2D eigenvalue weighted by atomic mass is 32.2. The lowest BCUT2D eigenvalue weighted by Crippen LogP contribution is -2.35. The van der Waals surface area contributed by atoms with Crippen LogP contribution in [0.4, 0.5) is 4.79 Å². The van der Waals surface area contributed by atoms with Gasteiger partial charge in [0.1, 0.15) is 0 Å². The maximum Gasteiger partial charge on any atom is 0.324 e. The van der Waals surface area contributed by atoms with Crippen molar-refractivity contribution in [1.29, 1.82) is 0 Å². The number of nitrogens with one attached hydrogen (secondary N) is 1. The van der Waals surface area contributed by atoms with Crippen molar-refractivity contribution < 1.29 is 9.59 Å². The van der Waals surface area contributed by atoms with Crippen LogP contribution in [-0.2, 0) is 4.79 Å². The van der Waals surface area contributed by atoms with Crippen LogP contribution in [0, 0.1) is 5.92 Å². The predicted molar refractivity (Wildman–Crippen MR) is 115 cm³/mol. The molecule has 1 N–H and O–H groups in total. The highest BCUT2D eigenvalue weighted by Crippen LogP contribution is 2.24. The zero-order valence-corrected chi connectivity index (χ0v) is 18.0. The summed E-state index contributed by atoms with van der Waals surface area (Å²) in [5.41, 5.74) is 0.540. The maximum atomic E-state index is 13.2. The van der Waals surface area contributed by atoms with Gasteiger partial charge in [-0.3, -0.25) is 19.1 Å². The third kappa shape index (κ3) is 4.98. The number of urea groups is 1. The molecule has 2 heterocycles. The molecule has 0 saturated carbocycles. The van der Waals surface area contributed by atoms with Gasteiger partial charge in [0.15, 0.2) is 5.16 Å². The number of imide groups is 1. The highest BCUT2D eigenvalue weighted by Gasteiger charge is 2.26. The molecule has 1 aromatic carbocycles. The molecule has 0 aliphatic carbocycles. The smallest absolute Gasteiger partial charge is 0.324 e. The van der Waals surface area contributed by atoms with E-state index in [9.17, 15) is 14.4 Å². The molecule has 0 radical (unpaired) electrons. The molecular weight excluding hydrogens is 388 g/mol. The molecular formula is C21H28N4O3S. The highest BCUT2D eigenvalue weighted by molar-refractivity contribution is 7.99. The SMILES string of the molecule is CC(C)CCC[C@H](C)n1c(SCC(=O)N2CCNC2=O)nc2ccccc2c1=O. The van der Waals surface area contributed by atoms with E-state index in [2.05, 4.69) is 24.1 Å². The van der Waals surface area contributed by atoms with Gasteiger partial charge in [-0.2, -0.15) is 0 Å². The van der Waals surface area contributed by atoms with Crippen molar-refractivity contribution in [2.45, 2.75) is 51.2 Å². The first-order valence-corrected chi connectivity index (χ1v) is 11.1. The van der Waals surface area contributed by atoms with E-state index in [-0.39, 0.29) is 29.3 Å². The van der Waals surface area contributed by atoms with E-state index in [1.165, 1.54) is 16.7 Å². The summed E-state index contributed by atoms with van der Waals surface area (Å²) in [7, 11) is 0. The van der Waals surface area contributed by atoms with E-state index in [1.54, 1.807) is 10.6 Å². The summed E-state index contributed by atoms with van der Waals surface area (Å²) in [5, 5.41) is 3.74. The Morgan fingerprint density at radius 1 is 1.21 bits per heavy atom. The third-order valence-electron chi connectivity index (χ3n) is 5.10. The number of carbonyl (C=O) groups excluding carboxylic acids is 2. The van der Waals surface area contributed by atoms with Crippen LogP contribution >= 0.6 is 11.8 Å². The number of aromatic nitrogens is 2. The number of hydrogen-bond acceptors (Lipinski definition) is 5. The van der Waals surface area contributed by atoms with Crippen molar-refractivity contribution in [1.82, 2.24) is 19.8 Å². The summed E-state index contributed by atoms with van der Waals surface area (Å²) in [6.07, 6.45) is 2.99. The standard InChI is InChI=1S/C21H28N4O3S/c1-14(2)7-6-8-15(3)25-19(27)16-9-4-5-10-17(16)23-21(25)29-13-18(26)24-12-11-22-20(24)28/h4-5,9-10,14-15H,6-8,11-13H2,1-3H3,(H,22,28)/t15-/m0/s1. The number of carbonyl (C=O) groups is 2. The van der Waals surface area contributed by atoms with Gasteiger partial charge >= 0.3 is 6.03 Å². The number of nitrogens with zero attached hydrogens (tertiary/aromatic N) is 3. The Balaban J connectivity index is 1.86. The Morgan fingerprint density at radius 2 is 1.97 bits per heavy atom. The molecule has 1 saturated heterocycles. The van der Waals surface area contributed by atoms with Gasteiger partial charge in [0.2, 0.25) is 5.91 Å². The molecule has 1 aromatic heterocycles. The lowest BCUT2D eigenvalue weighted by Gasteiger charge is -2.20. The Labute approximate surface area is 174 Å². The Kier molecular flexibility index (Phi) is 6.95. The zero-order valence-electron chi connectivity index (χ0n) is 17.2. The number of hydrogen-bond donors (Lipinski definition) is 1. The lowest BCUT2D eigenvalue weighted by molar-refractivity contribution is -0.124. The number of benzene rings is 1. The molecule has 156 valence electrons. The van der Waals surface area contributed by atoms with Gasteiger partial charge in [0.25, 0.3) is 5.56 Å². The number of amides is 3. The summed E-state index contributed by atoms with van der Waals surface area (Å²) in [6, 6.07) is 6.90. The largest absolute Gasteiger partial charge is 0.336 e. The first kappa shape index (κ1) is 21.4. The second-order valence-corrected chi connectivity index (χ2v) is 8.77. The van der Waals surface area contributed by atoms with E-state index in [1.807, 2.05) is 25.1 Å². The molecule has 1 aliphatic rings. The average molecular weight is 417 g/mol. The van der Waals surface area contributed by atoms with Crippen molar-refractivity contribution >= 4 is 34.6 Å². The maximum absolute atomic E-state index is 13.2. The van der Waals surface area contributed by atoms with E-state index >= 15 is 0 Å². The minimum absolute atomic E-state index is 0.0222. The summed E-state index contributed by atoms with van der Waals surface area (Å²) < 4.78 is 1.71. The quantitative estimate of drug-likeness (QED) is 0.526. The molecule has 29 heavy (non-hydrogen) atoms. The molecule has 0 spiro atoms. The Hall–Kier alpha value is -2.35. The first-order valence-electron chi connectivity index (χ1n) is 10.1. The molecule has 8 heteroatoms. The van der Waals surface area contributed by atoms with Crippen LogP contribution in [0.2, 0.25) is 0 Å². The minimum atomic E-state index is -0.360. The fraction of sp³-hybridized carbons (Fsp3) is 0.524. The fourth-order valence-corrected chi connectivity index (χ4v) is 4.45. The van der Waals surface area contributed by atoms with Crippen LogP contribution in [0.25, 0.3) is 10.9 Å². The van der Waals surface area contributed by atoms with E-state index in [0.717, 1.165) is 19.3 Å². The van der Waals surface area contributed by atoms with Crippen LogP contribution in [-0.4, -0.2) is 45.2 Å². The minimum Gasteiger partial charge on any atom is -0.336 e. The van der Waals surface area contributed by atoms with Crippen molar-refractivity contribution in [3.63, 3.8) is 0 Å². The van der Waals surface area contributed by atoms with E-state index in [4.69, 9.17) is 0 Å². The molecule has 1 aliphatic heterocycles. The van der Waals surface area contributed by atoms with Crippen molar-refractivity contribution in [2.75, 3.05) is 18.8 Å². The number of thioether (sulfide) groups is 1. The van der Waals surface area contributed by atoms with Crippen molar-refractivity contribution in [3.05, 3.63) is 34.6 Å². The van der Waals surface area contributed by atoms with Gasteiger partial charge in [0, 0.05) is 19.1 Å². The summed E-state index contributed by atoms with van der Waals surface area (Å²) in [4.78, 5) is 43.2. The summed E-state index contributed by atoms with van der Waals surface area (Å²) >= 11 is 1.22. The topological polar surface area (TPSA) is 84.3 Å². The Morgan fingerprint density at radius 3 is 2.66 bits per heavy atom. The van der Waals surface area contributed by atoms with Crippen LogP contribution in [0.1, 0.15) is 46.1 Å². The van der Waals surface area contributed by atoms with Gasteiger partial charge in [-0.05, 0) is 31.4 Å².